The van der Waals surface area contributed by atoms with E-state index in [1.165, 1.54) is 6.26 Å². The standard InChI is InChI=1S/C6H12O2P/c1-4-8-9(7)5-6(2)3/h4,6H,1,5H2,2-3H3/q+1. The lowest BCUT2D eigenvalue weighted by Gasteiger charge is -1.89. The van der Waals surface area contributed by atoms with Gasteiger partial charge in [0.05, 0.1) is 0 Å². The van der Waals surface area contributed by atoms with E-state index in [0.717, 1.165) is 0 Å². The van der Waals surface area contributed by atoms with Crippen molar-refractivity contribution in [3.8, 4) is 0 Å². The first-order chi connectivity index (χ1) is 4.16. The van der Waals surface area contributed by atoms with E-state index >= 15 is 0 Å². The highest BCUT2D eigenvalue weighted by Gasteiger charge is 2.17. The molecule has 0 spiro atoms. The zero-order valence-corrected chi connectivity index (χ0v) is 6.73. The Morgan fingerprint density at radius 2 is 2.33 bits per heavy atom. The zero-order valence-electron chi connectivity index (χ0n) is 5.83. The van der Waals surface area contributed by atoms with Crippen LogP contribution in [0.15, 0.2) is 12.8 Å². The van der Waals surface area contributed by atoms with Gasteiger partial charge in [0, 0.05) is 5.92 Å². The Morgan fingerprint density at radius 1 is 1.78 bits per heavy atom. The molecule has 52 valence electrons. The third kappa shape index (κ3) is 5.51. The average molecular weight is 147 g/mol. The van der Waals surface area contributed by atoms with Crippen LogP contribution in [0.5, 0.6) is 0 Å². The fourth-order valence-corrected chi connectivity index (χ4v) is 1.27. The molecule has 0 amide bonds. The molecule has 0 N–H and O–H groups in total. The van der Waals surface area contributed by atoms with Crippen LogP contribution in [0.2, 0.25) is 0 Å². The third-order valence-electron chi connectivity index (χ3n) is 0.706. The molecule has 0 saturated carbocycles. The highest BCUT2D eigenvalue weighted by molar-refractivity contribution is 7.39. The minimum atomic E-state index is -1.49. The number of rotatable bonds is 4. The summed E-state index contributed by atoms with van der Waals surface area (Å²) in [6.45, 7) is 7.30. The summed E-state index contributed by atoms with van der Waals surface area (Å²) in [5.41, 5.74) is 0. The van der Waals surface area contributed by atoms with Crippen molar-refractivity contribution in [1.29, 1.82) is 0 Å². The molecule has 0 aliphatic carbocycles. The van der Waals surface area contributed by atoms with E-state index in [2.05, 4.69) is 11.1 Å². The Kier molecular flexibility index (Phi) is 4.33. The summed E-state index contributed by atoms with van der Waals surface area (Å²) >= 11 is 0. The predicted molar refractivity (Wildman–Crippen MR) is 38.6 cm³/mol. The monoisotopic (exact) mass is 147 g/mol. The summed E-state index contributed by atoms with van der Waals surface area (Å²) in [6, 6.07) is 0. The summed E-state index contributed by atoms with van der Waals surface area (Å²) in [5, 5.41) is 0. The van der Waals surface area contributed by atoms with Crippen molar-refractivity contribution in [2.45, 2.75) is 13.8 Å². The van der Waals surface area contributed by atoms with Gasteiger partial charge in [-0.1, -0.05) is 20.4 Å². The van der Waals surface area contributed by atoms with Crippen molar-refractivity contribution in [3.05, 3.63) is 12.8 Å². The topological polar surface area (TPSA) is 26.3 Å². The van der Waals surface area contributed by atoms with Crippen molar-refractivity contribution in [3.63, 3.8) is 0 Å². The van der Waals surface area contributed by atoms with Gasteiger partial charge in [-0.3, -0.25) is 4.52 Å². The lowest BCUT2D eigenvalue weighted by molar-refractivity contribution is 0.457. The fourth-order valence-electron chi connectivity index (χ4n) is 0.424. The van der Waals surface area contributed by atoms with Gasteiger partial charge in [0.15, 0.2) is 6.16 Å². The molecule has 0 saturated heterocycles. The molecule has 0 aromatic rings. The molecular weight excluding hydrogens is 135 g/mol. The minimum absolute atomic E-state index is 0.425. The van der Waals surface area contributed by atoms with Gasteiger partial charge in [0.1, 0.15) is 6.26 Å². The Bertz CT molecular complexity index is 110. The Labute approximate surface area is 56.8 Å². The predicted octanol–water partition coefficient (Wildman–Crippen LogP) is 2.54. The third-order valence-corrected chi connectivity index (χ3v) is 2.12. The molecule has 0 radical (unpaired) electrons. The van der Waals surface area contributed by atoms with Crippen LogP contribution in [0.1, 0.15) is 13.8 Å². The maximum absolute atomic E-state index is 10.7. The van der Waals surface area contributed by atoms with E-state index in [4.69, 9.17) is 0 Å². The molecule has 0 fully saturated rings. The van der Waals surface area contributed by atoms with E-state index in [1.54, 1.807) is 0 Å². The van der Waals surface area contributed by atoms with E-state index in [-0.39, 0.29) is 0 Å². The van der Waals surface area contributed by atoms with E-state index in [0.29, 0.717) is 12.1 Å². The van der Waals surface area contributed by atoms with Crippen LogP contribution in [0, 0.1) is 5.92 Å². The summed E-state index contributed by atoms with van der Waals surface area (Å²) < 4.78 is 15.3. The average Bonchev–Trinajstić information content (AvgIpc) is 1.63. The molecule has 0 aromatic carbocycles. The lowest BCUT2D eigenvalue weighted by atomic mass is 10.3. The molecule has 1 unspecified atom stereocenters. The van der Waals surface area contributed by atoms with Gasteiger partial charge < -0.3 is 0 Å². The van der Waals surface area contributed by atoms with Crippen LogP contribution in [0.4, 0.5) is 0 Å². The Hall–Kier alpha value is -0.360. The fraction of sp³-hybridized carbons (Fsp3) is 0.667. The van der Waals surface area contributed by atoms with Crippen LogP contribution in [0.3, 0.4) is 0 Å². The number of hydrogen-bond donors (Lipinski definition) is 0. The Morgan fingerprint density at radius 3 is 2.67 bits per heavy atom. The van der Waals surface area contributed by atoms with Crippen molar-refractivity contribution in [2.75, 3.05) is 6.16 Å². The largest absolute Gasteiger partial charge is 0.555 e. The van der Waals surface area contributed by atoms with Crippen molar-refractivity contribution in [1.82, 2.24) is 0 Å². The SMILES string of the molecule is C=CO[P+](=O)CC(C)C. The highest BCUT2D eigenvalue weighted by Crippen LogP contribution is 2.24. The van der Waals surface area contributed by atoms with Crippen molar-refractivity contribution < 1.29 is 9.09 Å². The highest BCUT2D eigenvalue weighted by atomic mass is 31.1. The van der Waals surface area contributed by atoms with Gasteiger partial charge in [-0.25, -0.2) is 0 Å². The van der Waals surface area contributed by atoms with Crippen LogP contribution >= 0.6 is 8.03 Å². The molecule has 0 aliphatic heterocycles. The summed E-state index contributed by atoms with van der Waals surface area (Å²) in [5.74, 6) is 0.425. The molecule has 2 nitrogen and oxygen atoms in total. The van der Waals surface area contributed by atoms with Crippen LogP contribution in [-0.2, 0) is 9.09 Å². The Balaban J connectivity index is 3.38. The van der Waals surface area contributed by atoms with Gasteiger partial charge in [-0.15, -0.1) is 0 Å². The first kappa shape index (κ1) is 8.64. The van der Waals surface area contributed by atoms with Crippen molar-refractivity contribution >= 4 is 8.03 Å². The zero-order chi connectivity index (χ0) is 7.28. The second kappa shape index (κ2) is 4.51. The molecule has 9 heavy (non-hydrogen) atoms. The summed E-state index contributed by atoms with van der Waals surface area (Å²) in [4.78, 5) is 0. The van der Waals surface area contributed by atoms with Gasteiger partial charge in [-0.2, -0.15) is 0 Å². The number of hydrogen-bond acceptors (Lipinski definition) is 2. The second-order valence-corrected chi connectivity index (χ2v) is 3.42. The molecule has 0 rings (SSSR count). The minimum Gasteiger partial charge on any atom is -0.263 e. The molecule has 3 heteroatoms. The van der Waals surface area contributed by atoms with Crippen LogP contribution in [0.25, 0.3) is 0 Å². The van der Waals surface area contributed by atoms with E-state index < -0.39 is 8.03 Å². The quantitative estimate of drug-likeness (QED) is 0.451. The molecule has 0 aromatic heterocycles. The first-order valence-electron chi connectivity index (χ1n) is 2.89. The van der Waals surface area contributed by atoms with Crippen molar-refractivity contribution in [2.24, 2.45) is 5.92 Å². The smallest absolute Gasteiger partial charge is 0.263 e. The lowest BCUT2D eigenvalue weighted by Crippen LogP contribution is -1.89. The molecule has 0 bridgehead atoms. The maximum Gasteiger partial charge on any atom is 0.555 e. The molecule has 0 aliphatic rings. The van der Waals surface area contributed by atoms with Crippen LogP contribution < -0.4 is 0 Å². The van der Waals surface area contributed by atoms with Gasteiger partial charge in [-0.05, 0) is 4.57 Å². The molecular formula is C6H12O2P+. The summed E-state index contributed by atoms with van der Waals surface area (Å²) in [7, 11) is -1.49. The normalized spacial score (nSPS) is 11.2. The second-order valence-electron chi connectivity index (χ2n) is 2.18. The van der Waals surface area contributed by atoms with Gasteiger partial charge >= 0.3 is 8.03 Å². The maximum atomic E-state index is 10.7. The molecule has 1 atom stereocenters. The van der Waals surface area contributed by atoms with E-state index in [1.807, 2.05) is 13.8 Å². The summed E-state index contributed by atoms with van der Waals surface area (Å²) in [6.07, 6.45) is 1.84. The van der Waals surface area contributed by atoms with Gasteiger partial charge in [0.25, 0.3) is 0 Å². The van der Waals surface area contributed by atoms with Crippen LogP contribution in [-0.4, -0.2) is 6.16 Å². The van der Waals surface area contributed by atoms with E-state index in [9.17, 15) is 4.57 Å². The molecule has 0 heterocycles. The van der Waals surface area contributed by atoms with Gasteiger partial charge in [0.2, 0.25) is 0 Å². The first-order valence-corrected chi connectivity index (χ1v) is 4.25.